The zero-order valence-corrected chi connectivity index (χ0v) is 19.5. The van der Waals surface area contributed by atoms with Gasteiger partial charge >= 0.3 is 0 Å². The summed E-state index contributed by atoms with van der Waals surface area (Å²) in [4.78, 5) is 4.36. The lowest BCUT2D eigenvalue weighted by molar-refractivity contribution is 0.290. The number of pyridine rings is 1. The Morgan fingerprint density at radius 2 is 1.93 bits per heavy atom. The molecule has 0 atom stereocenters. The molecule has 0 spiro atoms. The summed E-state index contributed by atoms with van der Waals surface area (Å²) in [6.07, 6.45) is 7.62. The number of benzene rings is 1. The summed E-state index contributed by atoms with van der Waals surface area (Å²) < 4.78 is 15.8. The van der Waals surface area contributed by atoms with E-state index in [0.29, 0.717) is 12.5 Å². The molecule has 8 heteroatoms. The van der Waals surface area contributed by atoms with Crippen LogP contribution in [0.4, 0.5) is 4.39 Å². The molecule has 1 aliphatic rings. The monoisotopic (exact) mass is 522 g/mol. The van der Waals surface area contributed by atoms with Crippen molar-refractivity contribution in [1.29, 1.82) is 0 Å². The van der Waals surface area contributed by atoms with Crippen molar-refractivity contribution in [2.24, 2.45) is 4.99 Å². The van der Waals surface area contributed by atoms with Gasteiger partial charge in [0.15, 0.2) is 17.4 Å². The van der Waals surface area contributed by atoms with Crippen LogP contribution in [0.15, 0.2) is 53.7 Å². The minimum absolute atomic E-state index is 0. The maximum atomic E-state index is 13.9. The third kappa shape index (κ3) is 4.91. The molecule has 1 fully saturated rings. The van der Waals surface area contributed by atoms with Gasteiger partial charge in [-0.2, -0.15) is 0 Å². The van der Waals surface area contributed by atoms with Crippen LogP contribution < -0.4 is 10.6 Å². The summed E-state index contributed by atoms with van der Waals surface area (Å²) in [5, 5.41) is 15.2. The maximum absolute atomic E-state index is 13.9. The van der Waals surface area contributed by atoms with E-state index in [-0.39, 0.29) is 35.2 Å². The molecule has 0 radical (unpaired) electrons. The quantitative estimate of drug-likeness (QED) is 0.302. The number of aliphatic imine (C=N–C) groups is 1. The number of nitrogens with one attached hydrogen (secondary N) is 2. The van der Waals surface area contributed by atoms with Gasteiger partial charge in [0.05, 0.1) is 6.54 Å². The first-order valence-corrected chi connectivity index (χ1v) is 10.2. The van der Waals surface area contributed by atoms with E-state index in [2.05, 4.69) is 31.9 Å². The lowest BCUT2D eigenvalue weighted by atomic mass is 9.69. The van der Waals surface area contributed by atoms with Crippen molar-refractivity contribution >= 4 is 35.6 Å². The van der Waals surface area contributed by atoms with E-state index >= 15 is 0 Å². The van der Waals surface area contributed by atoms with Crippen LogP contribution in [0.1, 0.15) is 43.5 Å². The molecule has 0 aliphatic heterocycles. The second-order valence-corrected chi connectivity index (χ2v) is 7.68. The van der Waals surface area contributed by atoms with Gasteiger partial charge in [-0.25, -0.2) is 4.39 Å². The van der Waals surface area contributed by atoms with Gasteiger partial charge in [0.1, 0.15) is 5.82 Å². The van der Waals surface area contributed by atoms with Crippen molar-refractivity contribution in [1.82, 2.24) is 25.2 Å². The molecule has 1 aromatic carbocycles. The number of fused-ring (bicyclic) bond motifs is 1. The molecule has 1 saturated carbocycles. The molecule has 30 heavy (non-hydrogen) atoms. The molecule has 4 rings (SSSR count). The number of hydrogen-bond acceptors (Lipinski definition) is 3. The number of aromatic nitrogens is 3. The van der Waals surface area contributed by atoms with E-state index < -0.39 is 0 Å². The fraction of sp³-hybridized carbons (Fsp3) is 0.409. The fourth-order valence-corrected chi connectivity index (χ4v) is 4.26. The van der Waals surface area contributed by atoms with Crippen LogP contribution in [0.5, 0.6) is 0 Å². The second kappa shape index (κ2) is 10.2. The highest BCUT2D eigenvalue weighted by Gasteiger charge is 2.34. The van der Waals surface area contributed by atoms with E-state index in [0.717, 1.165) is 49.3 Å². The van der Waals surface area contributed by atoms with Crippen molar-refractivity contribution in [2.75, 3.05) is 13.6 Å². The van der Waals surface area contributed by atoms with Crippen molar-refractivity contribution in [3.63, 3.8) is 0 Å². The van der Waals surface area contributed by atoms with Gasteiger partial charge in [0.2, 0.25) is 0 Å². The van der Waals surface area contributed by atoms with Crippen molar-refractivity contribution in [3.8, 4) is 0 Å². The molecule has 160 valence electrons. The summed E-state index contributed by atoms with van der Waals surface area (Å²) in [5.74, 6) is 1.36. The molecule has 1 aliphatic carbocycles. The number of rotatable bonds is 5. The van der Waals surface area contributed by atoms with Gasteiger partial charge in [0.25, 0.3) is 0 Å². The summed E-state index contributed by atoms with van der Waals surface area (Å²) in [6.45, 7) is 1.23. The van der Waals surface area contributed by atoms with E-state index in [1.54, 1.807) is 13.1 Å². The molecule has 2 aromatic heterocycles. The number of guanidine groups is 1. The minimum atomic E-state index is -0.173. The number of hydrogen-bond donors (Lipinski definition) is 2. The van der Waals surface area contributed by atoms with Gasteiger partial charge in [-0.15, -0.1) is 34.2 Å². The Labute approximate surface area is 193 Å². The van der Waals surface area contributed by atoms with Crippen LogP contribution in [-0.2, 0) is 12.0 Å². The molecule has 0 amide bonds. The van der Waals surface area contributed by atoms with E-state index in [9.17, 15) is 4.39 Å². The fourth-order valence-electron chi connectivity index (χ4n) is 4.26. The normalized spacial score (nSPS) is 16.1. The van der Waals surface area contributed by atoms with E-state index in [1.807, 2.05) is 34.9 Å². The average molecular weight is 522 g/mol. The number of nitrogens with zero attached hydrogens (tertiary/aromatic N) is 4. The highest BCUT2D eigenvalue weighted by atomic mass is 127. The first-order chi connectivity index (χ1) is 14.2. The molecule has 0 unspecified atom stereocenters. The van der Waals surface area contributed by atoms with Crippen LogP contribution in [-0.4, -0.2) is 34.2 Å². The molecule has 0 bridgehead atoms. The first-order valence-electron chi connectivity index (χ1n) is 10.2. The van der Waals surface area contributed by atoms with Crippen LogP contribution in [0.25, 0.3) is 5.65 Å². The van der Waals surface area contributed by atoms with Crippen LogP contribution in [0.3, 0.4) is 0 Å². The zero-order valence-electron chi connectivity index (χ0n) is 17.1. The van der Waals surface area contributed by atoms with Crippen molar-refractivity contribution in [3.05, 3.63) is 65.9 Å². The summed E-state index contributed by atoms with van der Waals surface area (Å²) in [7, 11) is 1.76. The highest BCUT2D eigenvalue weighted by molar-refractivity contribution is 14.0. The Morgan fingerprint density at radius 3 is 2.70 bits per heavy atom. The van der Waals surface area contributed by atoms with Gasteiger partial charge in [-0.3, -0.25) is 9.39 Å². The molecular formula is C22H28FIN6. The third-order valence-corrected chi connectivity index (χ3v) is 5.86. The largest absolute Gasteiger partial charge is 0.356 e. The summed E-state index contributed by atoms with van der Waals surface area (Å²) in [5.41, 5.74) is 1.82. The average Bonchev–Trinajstić information content (AvgIpc) is 3.18. The minimum Gasteiger partial charge on any atom is -0.356 e. The number of halogens is 2. The summed E-state index contributed by atoms with van der Waals surface area (Å²) >= 11 is 0. The van der Waals surface area contributed by atoms with Crippen LogP contribution in [0.2, 0.25) is 0 Å². The Bertz CT molecular complexity index is 996. The lowest BCUT2D eigenvalue weighted by Crippen LogP contribution is -2.46. The third-order valence-electron chi connectivity index (χ3n) is 5.86. The van der Waals surface area contributed by atoms with Crippen molar-refractivity contribution in [2.45, 2.75) is 44.1 Å². The Kier molecular flexibility index (Phi) is 7.63. The highest BCUT2D eigenvalue weighted by Crippen LogP contribution is 2.39. The second-order valence-electron chi connectivity index (χ2n) is 7.68. The molecule has 2 heterocycles. The zero-order chi connectivity index (χ0) is 20.1. The van der Waals surface area contributed by atoms with Gasteiger partial charge < -0.3 is 10.6 Å². The summed E-state index contributed by atoms with van der Waals surface area (Å²) in [6, 6.07) is 12.9. The predicted molar refractivity (Wildman–Crippen MR) is 128 cm³/mol. The lowest BCUT2D eigenvalue weighted by Gasteiger charge is -2.38. The van der Waals surface area contributed by atoms with Gasteiger partial charge in [0, 0.05) is 25.2 Å². The molecular weight excluding hydrogens is 494 g/mol. The first kappa shape index (κ1) is 22.5. The van der Waals surface area contributed by atoms with E-state index in [4.69, 9.17) is 0 Å². The Hall–Kier alpha value is -2.23. The Balaban J connectivity index is 0.00000256. The molecule has 2 N–H and O–H groups in total. The maximum Gasteiger partial charge on any atom is 0.191 e. The van der Waals surface area contributed by atoms with Gasteiger partial charge in [-0.05, 0) is 42.7 Å². The smallest absolute Gasteiger partial charge is 0.191 e. The van der Waals surface area contributed by atoms with Crippen LogP contribution >= 0.6 is 24.0 Å². The molecule has 6 nitrogen and oxygen atoms in total. The SMILES string of the molecule is CN=C(NCc1nnc2ccccn12)NCC1(c2cccc(F)c2)CCCCC1.I. The topological polar surface area (TPSA) is 66.6 Å². The molecule has 0 saturated heterocycles. The Morgan fingerprint density at radius 1 is 1.10 bits per heavy atom. The van der Waals surface area contributed by atoms with E-state index in [1.165, 1.54) is 12.5 Å². The standard InChI is InChI=1S/C22H27FN6.HI/c1-24-21(25-15-20-28-27-19-10-3-6-13-29(19)20)26-16-22(11-4-2-5-12-22)17-8-7-9-18(23)14-17;/h3,6-10,13-14H,2,4-5,11-12,15-16H2,1H3,(H2,24,25,26);1H. The molecule has 3 aromatic rings. The van der Waals surface area contributed by atoms with Crippen molar-refractivity contribution < 1.29 is 4.39 Å². The van der Waals surface area contributed by atoms with Crippen LogP contribution in [0, 0.1) is 5.82 Å². The van der Waals surface area contributed by atoms with Gasteiger partial charge in [-0.1, -0.05) is 37.5 Å². The predicted octanol–water partition coefficient (Wildman–Crippen LogP) is 4.05.